The first-order chi connectivity index (χ1) is 8.11. The van der Waals surface area contributed by atoms with Crippen LogP contribution in [0.5, 0.6) is 0 Å². The van der Waals surface area contributed by atoms with Crippen molar-refractivity contribution in [2.24, 2.45) is 5.73 Å². The van der Waals surface area contributed by atoms with Crippen molar-refractivity contribution in [2.45, 2.75) is 33.2 Å². The Labute approximate surface area is 102 Å². The van der Waals surface area contributed by atoms with Gasteiger partial charge in [0.2, 0.25) is 0 Å². The van der Waals surface area contributed by atoms with E-state index in [1.54, 1.807) is 0 Å². The third kappa shape index (κ3) is 2.39. The highest BCUT2D eigenvalue weighted by Gasteiger charge is 2.12. The van der Waals surface area contributed by atoms with Gasteiger partial charge in [-0.2, -0.15) is 0 Å². The molecule has 0 radical (unpaired) electrons. The monoisotopic (exact) mass is 230 g/mol. The lowest BCUT2D eigenvalue weighted by Gasteiger charge is -2.02. The Balaban J connectivity index is 2.33. The van der Waals surface area contributed by atoms with E-state index in [0.29, 0.717) is 0 Å². The van der Waals surface area contributed by atoms with Gasteiger partial charge in [0.15, 0.2) is 5.76 Å². The van der Waals surface area contributed by atoms with Gasteiger partial charge in [-0.1, -0.05) is 24.2 Å². The van der Waals surface area contributed by atoms with Crippen molar-refractivity contribution in [2.75, 3.05) is 0 Å². The maximum atomic E-state index is 5.91. The molecule has 0 saturated carbocycles. The maximum Gasteiger partial charge on any atom is 0.154 e. The molecule has 2 rings (SSSR count). The SMILES string of the molecule is CCC(N)c1cc(-c2ccc(C)c(C)c2)no1. The molecule has 1 heterocycles. The summed E-state index contributed by atoms with van der Waals surface area (Å²) in [6.07, 6.45) is 0.849. The Bertz CT molecular complexity index is 517. The summed E-state index contributed by atoms with van der Waals surface area (Å²) in [5.74, 6) is 0.751. The van der Waals surface area contributed by atoms with Crippen LogP contribution in [0.15, 0.2) is 28.8 Å². The number of rotatable bonds is 3. The topological polar surface area (TPSA) is 52.0 Å². The first-order valence-corrected chi connectivity index (χ1v) is 5.91. The van der Waals surface area contributed by atoms with Crippen molar-refractivity contribution in [3.63, 3.8) is 0 Å². The van der Waals surface area contributed by atoms with Crippen molar-refractivity contribution in [1.29, 1.82) is 0 Å². The highest BCUT2D eigenvalue weighted by atomic mass is 16.5. The quantitative estimate of drug-likeness (QED) is 0.879. The minimum atomic E-state index is -0.0669. The molecule has 1 aromatic carbocycles. The van der Waals surface area contributed by atoms with Crippen LogP contribution in [0.4, 0.5) is 0 Å². The van der Waals surface area contributed by atoms with Gasteiger partial charge < -0.3 is 10.3 Å². The van der Waals surface area contributed by atoms with Crippen molar-refractivity contribution in [1.82, 2.24) is 5.16 Å². The minimum Gasteiger partial charge on any atom is -0.359 e. The van der Waals surface area contributed by atoms with E-state index in [9.17, 15) is 0 Å². The fourth-order valence-electron chi connectivity index (χ4n) is 1.70. The van der Waals surface area contributed by atoms with Crippen LogP contribution in [0.3, 0.4) is 0 Å². The summed E-state index contributed by atoms with van der Waals surface area (Å²) >= 11 is 0. The van der Waals surface area contributed by atoms with Crippen LogP contribution in [-0.4, -0.2) is 5.16 Å². The van der Waals surface area contributed by atoms with Crippen molar-refractivity contribution < 1.29 is 4.52 Å². The molecule has 0 aliphatic rings. The number of nitrogens with zero attached hydrogens (tertiary/aromatic N) is 1. The second-order valence-electron chi connectivity index (χ2n) is 4.43. The number of nitrogens with two attached hydrogens (primary N) is 1. The van der Waals surface area contributed by atoms with Crippen LogP contribution in [0.2, 0.25) is 0 Å². The zero-order valence-electron chi connectivity index (χ0n) is 10.5. The van der Waals surface area contributed by atoms with E-state index in [0.717, 1.165) is 23.4 Å². The largest absolute Gasteiger partial charge is 0.359 e. The molecule has 90 valence electrons. The van der Waals surface area contributed by atoms with E-state index in [1.165, 1.54) is 11.1 Å². The van der Waals surface area contributed by atoms with Crippen LogP contribution in [0, 0.1) is 13.8 Å². The van der Waals surface area contributed by atoms with Crippen molar-refractivity contribution in [3.05, 3.63) is 41.2 Å². The van der Waals surface area contributed by atoms with Gasteiger partial charge in [0, 0.05) is 11.6 Å². The van der Waals surface area contributed by atoms with Gasteiger partial charge in [0.05, 0.1) is 6.04 Å². The van der Waals surface area contributed by atoms with Crippen LogP contribution >= 0.6 is 0 Å². The summed E-state index contributed by atoms with van der Waals surface area (Å²) in [6.45, 7) is 6.22. The van der Waals surface area contributed by atoms with E-state index in [-0.39, 0.29) is 6.04 Å². The van der Waals surface area contributed by atoms with E-state index >= 15 is 0 Å². The molecule has 3 nitrogen and oxygen atoms in total. The molecule has 1 unspecified atom stereocenters. The summed E-state index contributed by atoms with van der Waals surface area (Å²) in [6, 6.07) is 8.13. The van der Waals surface area contributed by atoms with Gasteiger partial charge in [-0.15, -0.1) is 0 Å². The van der Waals surface area contributed by atoms with Gasteiger partial charge in [-0.25, -0.2) is 0 Å². The van der Waals surface area contributed by atoms with E-state index < -0.39 is 0 Å². The van der Waals surface area contributed by atoms with Crippen LogP contribution in [0.1, 0.15) is 36.3 Å². The Morgan fingerprint density at radius 1 is 1.24 bits per heavy atom. The zero-order chi connectivity index (χ0) is 12.4. The molecule has 0 aliphatic heterocycles. The van der Waals surface area contributed by atoms with Gasteiger partial charge >= 0.3 is 0 Å². The number of aromatic nitrogens is 1. The standard InChI is InChI=1S/C14H18N2O/c1-4-12(15)14-8-13(16-17-14)11-6-5-9(2)10(3)7-11/h5-8,12H,4,15H2,1-3H3. The normalized spacial score (nSPS) is 12.7. The lowest BCUT2D eigenvalue weighted by atomic mass is 10.0. The third-order valence-corrected chi connectivity index (χ3v) is 3.14. The summed E-state index contributed by atoms with van der Waals surface area (Å²) in [4.78, 5) is 0. The molecule has 0 spiro atoms. The zero-order valence-corrected chi connectivity index (χ0v) is 10.5. The maximum absolute atomic E-state index is 5.91. The summed E-state index contributed by atoms with van der Waals surface area (Å²) in [5, 5.41) is 4.07. The molecule has 1 atom stereocenters. The highest BCUT2D eigenvalue weighted by molar-refractivity contribution is 5.60. The molecular formula is C14H18N2O. The summed E-state index contributed by atoms with van der Waals surface area (Å²) in [5.41, 5.74) is 10.4. The second kappa shape index (κ2) is 4.72. The van der Waals surface area contributed by atoms with E-state index in [1.807, 2.05) is 13.0 Å². The summed E-state index contributed by atoms with van der Waals surface area (Å²) in [7, 11) is 0. The molecule has 2 N–H and O–H groups in total. The average Bonchev–Trinajstić information content (AvgIpc) is 2.81. The van der Waals surface area contributed by atoms with Crippen LogP contribution < -0.4 is 5.73 Å². The number of hydrogen-bond acceptors (Lipinski definition) is 3. The highest BCUT2D eigenvalue weighted by Crippen LogP contribution is 2.24. The molecule has 0 amide bonds. The Morgan fingerprint density at radius 2 is 2.00 bits per heavy atom. The van der Waals surface area contributed by atoms with E-state index in [4.69, 9.17) is 10.3 Å². The molecule has 1 aromatic heterocycles. The molecule has 3 heteroatoms. The molecular weight excluding hydrogens is 212 g/mol. The molecule has 0 bridgehead atoms. The minimum absolute atomic E-state index is 0.0669. The molecule has 17 heavy (non-hydrogen) atoms. The summed E-state index contributed by atoms with van der Waals surface area (Å²) < 4.78 is 5.27. The van der Waals surface area contributed by atoms with Crippen molar-refractivity contribution >= 4 is 0 Å². The molecule has 0 saturated heterocycles. The van der Waals surface area contributed by atoms with Crippen molar-refractivity contribution in [3.8, 4) is 11.3 Å². The van der Waals surface area contributed by atoms with Crippen LogP contribution in [-0.2, 0) is 0 Å². The van der Waals surface area contributed by atoms with Gasteiger partial charge in [-0.3, -0.25) is 0 Å². The third-order valence-electron chi connectivity index (χ3n) is 3.14. The lowest BCUT2D eigenvalue weighted by molar-refractivity contribution is 0.360. The van der Waals surface area contributed by atoms with Gasteiger partial charge in [-0.05, 0) is 37.5 Å². The second-order valence-corrected chi connectivity index (χ2v) is 4.43. The first-order valence-electron chi connectivity index (χ1n) is 5.91. The number of benzene rings is 1. The van der Waals surface area contributed by atoms with Gasteiger partial charge in [0.25, 0.3) is 0 Å². The predicted molar refractivity (Wildman–Crippen MR) is 68.6 cm³/mol. The fourth-order valence-corrected chi connectivity index (χ4v) is 1.70. The fraction of sp³-hybridized carbons (Fsp3) is 0.357. The lowest BCUT2D eigenvalue weighted by Crippen LogP contribution is -2.06. The Kier molecular flexibility index (Phi) is 3.29. The molecule has 2 aromatic rings. The van der Waals surface area contributed by atoms with E-state index in [2.05, 4.69) is 37.2 Å². The Hall–Kier alpha value is -1.61. The molecule has 0 aliphatic carbocycles. The number of hydrogen-bond donors (Lipinski definition) is 1. The average molecular weight is 230 g/mol. The molecule has 0 fully saturated rings. The Morgan fingerprint density at radius 3 is 2.65 bits per heavy atom. The smallest absolute Gasteiger partial charge is 0.154 e. The van der Waals surface area contributed by atoms with Gasteiger partial charge in [0.1, 0.15) is 5.69 Å². The predicted octanol–water partition coefficient (Wildman–Crippen LogP) is 3.37. The van der Waals surface area contributed by atoms with Crippen LogP contribution in [0.25, 0.3) is 11.3 Å². The number of aryl methyl sites for hydroxylation is 2. The first kappa shape index (κ1) is 11.9.